The Hall–Kier alpha value is 0.0900. The van der Waals surface area contributed by atoms with E-state index in [1.54, 1.807) is 0 Å². The minimum absolute atomic E-state index is 0.0115. The van der Waals surface area contributed by atoms with Gasteiger partial charge in [-0.25, -0.2) is 0 Å². The monoisotopic (exact) mass is 394 g/mol. The van der Waals surface area contributed by atoms with Crippen LogP contribution in [-0.4, -0.2) is 36.5 Å². The lowest BCUT2D eigenvalue weighted by molar-refractivity contribution is 0.0944. The highest BCUT2D eigenvalue weighted by atomic mass is 79.9. The summed E-state index contributed by atoms with van der Waals surface area (Å²) >= 11 is 8.25. The summed E-state index contributed by atoms with van der Waals surface area (Å²) in [5, 5.41) is 3.00. The molecule has 1 aliphatic rings. The van der Waals surface area contributed by atoms with Gasteiger partial charge in [-0.3, -0.25) is 9.69 Å². The molecule has 0 saturated carbocycles. The average Bonchev–Trinajstić information content (AvgIpc) is 2.97. The third-order valence-electron chi connectivity index (χ3n) is 3.19. The van der Waals surface area contributed by atoms with E-state index < -0.39 is 0 Å². The van der Waals surface area contributed by atoms with Gasteiger partial charge >= 0.3 is 0 Å². The standard InChI is InChI=1S/C12H16Br2N2OS/c1-8(16-4-2-3-5-16)7-15-12(17)10-6-9(13)11(14)18-10/h6,8H,2-5,7H2,1H3,(H,15,17). The van der Waals surface area contributed by atoms with Gasteiger partial charge in [-0.1, -0.05) is 0 Å². The number of carbonyl (C=O) groups excluding carboxylic acids is 1. The highest BCUT2D eigenvalue weighted by Gasteiger charge is 2.19. The molecule has 0 aromatic carbocycles. The van der Waals surface area contributed by atoms with Gasteiger partial charge < -0.3 is 5.32 Å². The second-order valence-corrected chi connectivity index (χ2v) is 7.76. The molecule has 1 unspecified atom stereocenters. The lowest BCUT2D eigenvalue weighted by Crippen LogP contribution is -2.40. The molecule has 1 saturated heterocycles. The molecule has 0 radical (unpaired) electrons. The van der Waals surface area contributed by atoms with E-state index >= 15 is 0 Å². The van der Waals surface area contributed by atoms with Gasteiger partial charge in [0.1, 0.15) is 0 Å². The van der Waals surface area contributed by atoms with Crippen molar-refractivity contribution in [3.05, 3.63) is 19.2 Å². The molecular weight excluding hydrogens is 380 g/mol. The predicted molar refractivity (Wildman–Crippen MR) is 82.3 cm³/mol. The zero-order chi connectivity index (χ0) is 13.1. The van der Waals surface area contributed by atoms with Gasteiger partial charge in [0.15, 0.2) is 0 Å². The first kappa shape index (κ1) is 14.5. The molecule has 0 aliphatic carbocycles. The SMILES string of the molecule is CC(CNC(=O)c1cc(Br)c(Br)s1)N1CCCC1. The Morgan fingerprint density at radius 3 is 2.72 bits per heavy atom. The summed E-state index contributed by atoms with van der Waals surface area (Å²) in [7, 11) is 0. The minimum Gasteiger partial charge on any atom is -0.350 e. The number of carbonyl (C=O) groups is 1. The molecule has 1 amide bonds. The van der Waals surface area contributed by atoms with Gasteiger partial charge in [0.25, 0.3) is 5.91 Å². The first-order valence-corrected chi connectivity index (χ1v) is 8.45. The maximum absolute atomic E-state index is 12.0. The smallest absolute Gasteiger partial charge is 0.261 e. The molecule has 2 heterocycles. The summed E-state index contributed by atoms with van der Waals surface area (Å²) in [5.74, 6) is 0.0115. The number of halogens is 2. The highest BCUT2D eigenvalue weighted by molar-refractivity contribution is 9.13. The normalized spacial score (nSPS) is 17.9. The van der Waals surface area contributed by atoms with Crippen LogP contribution in [0, 0.1) is 0 Å². The topological polar surface area (TPSA) is 32.3 Å². The number of amides is 1. The zero-order valence-electron chi connectivity index (χ0n) is 10.2. The molecule has 2 rings (SSSR count). The van der Waals surface area contributed by atoms with Crippen molar-refractivity contribution in [2.45, 2.75) is 25.8 Å². The Morgan fingerprint density at radius 1 is 1.50 bits per heavy atom. The third-order valence-corrected chi connectivity index (χ3v) is 6.45. The maximum atomic E-state index is 12.0. The van der Waals surface area contributed by atoms with E-state index in [0.717, 1.165) is 26.2 Å². The van der Waals surface area contributed by atoms with Crippen LogP contribution in [0.5, 0.6) is 0 Å². The van der Waals surface area contributed by atoms with Gasteiger partial charge in [-0.15, -0.1) is 11.3 Å². The lowest BCUT2D eigenvalue weighted by Gasteiger charge is -2.23. The van der Waals surface area contributed by atoms with Crippen molar-refractivity contribution in [2.24, 2.45) is 0 Å². The molecule has 1 atom stereocenters. The van der Waals surface area contributed by atoms with Crippen LogP contribution in [0.25, 0.3) is 0 Å². The second-order valence-electron chi connectivity index (χ2n) is 4.53. The molecule has 1 fully saturated rings. The van der Waals surface area contributed by atoms with Crippen molar-refractivity contribution in [3.63, 3.8) is 0 Å². The molecule has 1 N–H and O–H groups in total. The highest BCUT2D eigenvalue weighted by Crippen LogP contribution is 2.32. The van der Waals surface area contributed by atoms with E-state index in [1.807, 2.05) is 6.07 Å². The van der Waals surface area contributed by atoms with E-state index in [0.29, 0.717) is 12.6 Å². The number of thiophene rings is 1. The summed E-state index contributed by atoms with van der Waals surface area (Å²) in [6.07, 6.45) is 2.56. The van der Waals surface area contributed by atoms with E-state index in [1.165, 1.54) is 24.2 Å². The van der Waals surface area contributed by atoms with Crippen LogP contribution in [0.2, 0.25) is 0 Å². The number of nitrogens with one attached hydrogen (secondary N) is 1. The van der Waals surface area contributed by atoms with Crippen LogP contribution < -0.4 is 5.32 Å². The molecule has 1 aromatic heterocycles. The molecule has 0 spiro atoms. The summed E-state index contributed by atoms with van der Waals surface area (Å²) in [5.41, 5.74) is 0. The fraction of sp³-hybridized carbons (Fsp3) is 0.583. The van der Waals surface area contributed by atoms with Crippen molar-refractivity contribution in [1.29, 1.82) is 0 Å². The summed E-state index contributed by atoms with van der Waals surface area (Å²) in [4.78, 5) is 15.1. The quantitative estimate of drug-likeness (QED) is 0.846. The first-order chi connectivity index (χ1) is 8.58. The molecule has 0 bridgehead atoms. The van der Waals surface area contributed by atoms with Crippen molar-refractivity contribution in [1.82, 2.24) is 10.2 Å². The van der Waals surface area contributed by atoms with Gasteiger partial charge in [0, 0.05) is 17.1 Å². The van der Waals surface area contributed by atoms with Crippen molar-refractivity contribution < 1.29 is 4.79 Å². The molecule has 1 aliphatic heterocycles. The van der Waals surface area contributed by atoms with E-state index in [9.17, 15) is 4.79 Å². The van der Waals surface area contributed by atoms with E-state index in [2.05, 4.69) is 49.0 Å². The third kappa shape index (κ3) is 3.56. The van der Waals surface area contributed by atoms with Crippen LogP contribution in [0.15, 0.2) is 14.3 Å². The number of rotatable bonds is 4. The van der Waals surface area contributed by atoms with Crippen molar-refractivity contribution in [3.8, 4) is 0 Å². The number of hydrogen-bond acceptors (Lipinski definition) is 3. The second kappa shape index (κ2) is 6.50. The van der Waals surface area contributed by atoms with Crippen LogP contribution in [0.4, 0.5) is 0 Å². The van der Waals surface area contributed by atoms with Crippen LogP contribution in [-0.2, 0) is 0 Å². The van der Waals surface area contributed by atoms with Gasteiger partial charge in [0.05, 0.1) is 8.66 Å². The van der Waals surface area contributed by atoms with E-state index in [4.69, 9.17) is 0 Å². The minimum atomic E-state index is 0.0115. The van der Waals surface area contributed by atoms with Gasteiger partial charge in [-0.05, 0) is 70.8 Å². The Labute approximate surface area is 128 Å². The fourth-order valence-electron chi connectivity index (χ4n) is 2.10. The predicted octanol–water partition coefficient (Wildman–Crippen LogP) is 3.49. The van der Waals surface area contributed by atoms with Crippen LogP contribution >= 0.6 is 43.2 Å². The van der Waals surface area contributed by atoms with Gasteiger partial charge in [0.2, 0.25) is 0 Å². The van der Waals surface area contributed by atoms with Crippen molar-refractivity contribution in [2.75, 3.05) is 19.6 Å². The Bertz CT molecular complexity index is 410. The lowest BCUT2D eigenvalue weighted by atomic mass is 10.3. The first-order valence-electron chi connectivity index (χ1n) is 6.05. The number of nitrogens with zero attached hydrogens (tertiary/aromatic N) is 1. The Balaban J connectivity index is 1.84. The molecule has 18 heavy (non-hydrogen) atoms. The molecule has 1 aromatic rings. The Morgan fingerprint density at radius 2 is 2.17 bits per heavy atom. The maximum Gasteiger partial charge on any atom is 0.261 e. The number of likely N-dealkylation sites (tertiary alicyclic amines) is 1. The molecular formula is C12H16Br2N2OS. The average molecular weight is 396 g/mol. The molecule has 100 valence electrons. The summed E-state index contributed by atoms with van der Waals surface area (Å²) < 4.78 is 1.89. The zero-order valence-corrected chi connectivity index (χ0v) is 14.2. The summed E-state index contributed by atoms with van der Waals surface area (Å²) in [6, 6.07) is 2.27. The van der Waals surface area contributed by atoms with Crippen molar-refractivity contribution >= 4 is 49.1 Å². The summed E-state index contributed by atoms with van der Waals surface area (Å²) in [6.45, 7) is 5.21. The van der Waals surface area contributed by atoms with Crippen LogP contribution in [0.3, 0.4) is 0 Å². The number of hydrogen-bond donors (Lipinski definition) is 1. The largest absolute Gasteiger partial charge is 0.350 e. The molecule has 6 heteroatoms. The van der Waals surface area contributed by atoms with Crippen LogP contribution in [0.1, 0.15) is 29.4 Å². The fourth-order valence-corrected chi connectivity index (χ4v) is 4.05. The Kier molecular flexibility index (Phi) is 5.24. The molecule has 3 nitrogen and oxygen atoms in total. The van der Waals surface area contributed by atoms with Gasteiger partial charge in [-0.2, -0.15) is 0 Å². The van der Waals surface area contributed by atoms with E-state index in [-0.39, 0.29) is 5.91 Å².